The van der Waals surface area contributed by atoms with Gasteiger partial charge in [-0.1, -0.05) is 18.2 Å². The first-order valence-electron chi connectivity index (χ1n) is 8.41. The Morgan fingerprint density at radius 1 is 1.40 bits per heavy atom. The van der Waals surface area contributed by atoms with Gasteiger partial charge in [0.25, 0.3) is 0 Å². The summed E-state index contributed by atoms with van der Waals surface area (Å²) in [5.41, 5.74) is 0.458. The van der Waals surface area contributed by atoms with Gasteiger partial charge in [-0.15, -0.1) is 11.3 Å². The van der Waals surface area contributed by atoms with E-state index in [0.717, 1.165) is 24.2 Å². The van der Waals surface area contributed by atoms with Crippen LogP contribution in [0.2, 0.25) is 0 Å². The molecule has 1 aromatic carbocycles. The number of hydrogen-bond donors (Lipinski definition) is 1. The van der Waals surface area contributed by atoms with E-state index in [4.69, 9.17) is 9.47 Å². The Labute approximate surface area is 152 Å². The summed E-state index contributed by atoms with van der Waals surface area (Å²) < 4.78 is 11.5. The number of thiazole rings is 1. The maximum absolute atomic E-state index is 12.7. The maximum atomic E-state index is 12.7. The summed E-state index contributed by atoms with van der Waals surface area (Å²) in [6, 6.07) is 7.98. The molecule has 2 aromatic rings. The highest BCUT2D eigenvalue weighted by molar-refractivity contribution is 7.13. The van der Waals surface area contributed by atoms with Crippen molar-refractivity contribution in [1.29, 1.82) is 0 Å². The van der Waals surface area contributed by atoms with Gasteiger partial charge in [0, 0.05) is 35.6 Å². The standard InChI is InChI=1S/C19H24N2O3S/c1-18(2)13-19(8-10-24-18,14-6-4-5-7-15(14)23-3)12-16(22)21-17-20-9-11-25-17/h4-7,9,11H,8,10,12-13H2,1-3H3,(H,20,21,22). The zero-order valence-corrected chi connectivity index (χ0v) is 15.7. The van der Waals surface area contributed by atoms with Crippen LogP contribution in [-0.4, -0.2) is 30.2 Å². The van der Waals surface area contributed by atoms with E-state index in [1.807, 2.05) is 23.6 Å². The van der Waals surface area contributed by atoms with Crippen LogP contribution in [0.5, 0.6) is 5.75 Å². The summed E-state index contributed by atoms with van der Waals surface area (Å²) >= 11 is 1.42. The number of aromatic nitrogens is 1. The van der Waals surface area contributed by atoms with E-state index in [1.165, 1.54) is 11.3 Å². The van der Waals surface area contributed by atoms with Gasteiger partial charge in [0.2, 0.25) is 5.91 Å². The van der Waals surface area contributed by atoms with Crippen molar-refractivity contribution in [2.45, 2.75) is 44.1 Å². The largest absolute Gasteiger partial charge is 0.496 e. The van der Waals surface area contributed by atoms with Crippen LogP contribution >= 0.6 is 11.3 Å². The molecule has 2 heterocycles. The zero-order valence-electron chi connectivity index (χ0n) is 14.9. The summed E-state index contributed by atoms with van der Waals surface area (Å²) in [6.45, 7) is 4.78. The van der Waals surface area contributed by atoms with Crippen molar-refractivity contribution in [1.82, 2.24) is 4.98 Å². The van der Waals surface area contributed by atoms with Crippen LogP contribution in [0.4, 0.5) is 5.13 Å². The van der Waals surface area contributed by atoms with Crippen LogP contribution in [-0.2, 0) is 14.9 Å². The second-order valence-corrected chi connectivity index (χ2v) is 7.97. The van der Waals surface area contributed by atoms with Gasteiger partial charge >= 0.3 is 0 Å². The third-order valence-electron chi connectivity index (χ3n) is 4.69. The second-order valence-electron chi connectivity index (χ2n) is 7.08. The number of rotatable bonds is 5. The fourth-order valence-electron chi connectivity index (χ4n) is 3.79. The first-order valence-corrected chi connectivity index (χ1v) is 9.29. The lowest BCUT2D eigenvalue weighted by atomic mass is 9.67. The molecular formula is C19H24N2O3S. The lowest BCUT2D eigenvalue weighted by molar-refractivity contribution is -0.122. The van der Waals surface area contributed by atoms with Crippen LogP contribution in [0, 0.1) is 0 Å². The number of benzene rings is 1. The molecule has 0 spiro atoms. The monoisotopic (exact) mass is 360 g/mol. The van der Waals surface area contributed by atoms with E-state index in [-0.39, 0.29) is 16.9 Å². The molecular weight excluding hydrogens is 336 g/mol. The van der Waals surface area contributed by atoms with Crippen LogP contribution < -0.4 is 10.1 Å². The molecule has 1 saturated heterocycles. The molecule has 1 aliphatic heterocycles. The highest BCUT2D eigenvalue weighted by atomic mass is 32.1. The van der Waals surface area contributed by atoms with Crippen molar-refractivity contribution >= 4 is 22.4 Å². The highest BCUT2D eigenvalue weighted by Gasteiger charge is 2.45. The quantitative estimate of drug-likeness (QED) is 0.875. The number of hydrogen-bond acceptors (Lipinski definition) is 5. The molecule has 1 unspecified atom stereocenters. The van der Waals surface area contributed by atoms with E-state index in [1.54, 1.807) is 13.3 Å². The zero-order chi connectivity index (χ0) is 17.9. The maximum Gasteiger partial charge on any atom is 0.227 e. The molecule has 0 saturated carbocycles. The molecule has 1 aliphatic rings. The average Bonchev–Trinajstić information content (AvgIpc) is 3.06. The predicted octanol–water partition coefficient (Wildman–Crippen LogP) is 4.01. The molecule has 1 aromatic heterocycles. The molecule has 134 valence electrons. The molecule has 25 heavy (non-hydrogen) atoms. The number of ether oxygens (including phenoxy) is 2. The number of amides is 1. The van der Waals surface area contributed by atoms with Crippen molar-refractivity contribution in [3.05, 3.63) is 41.4 Å². The Morgan fingerprint density at radius 3 is 2.88 bits per heavy atom. The molecule has 3 rings (SSSR count). The fraction of sp³-hybridized carbons (Fsp3) is 0.474. The molecule has 5 nitrogen and oxygen atoms in total. The Hall–Kier alpha value is -1.92. The Kier molecular flexibility index (Phi) is 5.11. The lowest BCUT2D eigenvalue weighted by Gasteiger charge is -2.45. The second kappa shape index (κ2) is 7.14. The molecule has 1 N–H and O–H groups in total. The number of nitrogens with zero attached hydrogens (tertiary/aromatic N) is 1. The Morgan fingerprint density at radius 2 is 2.20 bits per heavy atom. The van der Waals surface area contributed by atoms with E-state index >= 15 is 0 Å². The van der Waals surface area contributed by atoms with Gasteiger partial charge in [-0.05, 0) is 32.8 Å². The third kappa shape index (κ3) is 4.02. The summed E-state index contributed by atoms with van der Waals surface area (Å²) in [4.78, 5) is 16.9. The van der Waals surface area contributed by atoms with Gasteiger partial charge < -0.3 is 14.8 Å². The SMILES string of the molecule is COc1ccccc1C1(CC(=O)Nc2nccs2)CCOC(C)(C)C1. The summed E-state index contributed by atoms with van der Waals surface area (Å²) in [6.07, 6.45) is 3.60. The summed E-state index contributed by atoms with van der Waals surface area (Å²) in [5, 5.41) is 5.40. The lowest BCUT2D eigenvalue weighted by Crippen LogP contribution is -2.46. The van der Waals surface area contributed by atoms with Crippen molar-refractivity contribution in [2.75, 3.05) is 19.0 Å². The van der Waals surface area contributed by atoms with E-state index in [0.29, 0.717) is 18.2 Å². The van der Waals surface area contributed by atoms with Crippen LogP contribution in [0.1, 0.15) is 38.7 Å². The van der Waals surface area contributed by atoms with Crippen molar-refractivity contribution in [3.8, 4) is 5.75 Å². The van der Waals surface area contributed by atoms with Crippen molar-refractivity contribution in [2.24, 2.45) is 0 Å². The molecule has 1 fully saturated rings. The summed E-state index contributed by atoms with van der Waals surface area (Å²) in [5.74, 6) is 0.792. The number of anilines is 1. The first-order chi connectivity index (χ1) is 11.9. The Balaban J connectivity index is 1.93. The third-order valence-corrected chi connectivity index (χ3v) is 5.38. The number of para-hydroxylation sites is 1. The molecule has 0 radical (unpaired) electrons. The van der Waals surface area contributed by atoms with Gasteiger partial charge in [-0.3, -0.25) is 4.79 Å². The van der Waals surface area contributed by atoms with Crippen LogP contribution in [0.15, 0.2) is 35.8 Å². The molecule has 6 heteroatoms. The van der Waals surface area contributed by atoms with Crippen molar-refractivity contribution in [3.63, 3.8) is 0 Å². The minimum absolute atomic E-state index is 0.0291. The highest BCUT2D eigenvalue weighted by Crippen LogP contribution is 2.47. The number of carbonyl (C=O) groups excluding carboxylic acids is 1. The van der Waals surface area contributed by atoms with Gasteiger partial charge in [0.05, 0.1) is 12.7 Å². The van der Waals surface area contributed by atoms with Gasteiger partial charge in [0.1, 0.15) is 5.75 Å². The predicted molar refractivity (Wildman–Crippen MR) is 99.3 cm³/mol. The van der Waals surface area contributed by atoms with E-state index in [2.05, 4.69) is 30.2 Å². The summed E-state index contributed by atoms with van der Waals surface area (Å²) in [7, 11) is 1.67. The van der Waals surface area contributed by atoms with E-state index in [9.17, 15) is 4.79 Å². The number of methoxy groups -OCH3 is 1. The van der Waals surface area contributed by atoms with Gasteiger partial charge in [-0.25, -0.2) is 4.98 Å². The van der Waals surface area contributed by atoms with E-state index < -0.39 is 0 Å². The van der Waals surface area contributed by atoms with Gasteiger partial charge in [-0.2, -0.15) is 0 Å². The normalized spacial score (nSPS) is 22.4. The first kappa shape index (κ1) is 17.9. The minimum atomic E-state index is -0.324. The number of carbonyl (C=O) groups is 1. The average molecular weight is 360 g/mol. The minimum Gasteiger partial charge on any atom is -0.496 e. The number of nitrogens with one attached hydrogen (secondary N) is 1. The smallest absolute Gasteiger partial charge is 0.227 e. The van der Waals surface area contributed by atoms with Crippen molar-refractivity contribution < 1.29 is 14.3 Å². The molecule has 1 amide bonds. The Bertz CT molecular complexity index is 730. The molecule has 1 atom stereocenters. The van der Waals surface area contributed by atoms with Crippen LogP contribution in [0.3, 0.4) is 0 Å². The van der Waals surface area contributed by atoms with Gasteiger partial charge in [0.15, 0.2) is 5.13 Å². The molecule has 0 bridgehead atoms. The topological polar surface area (TPSA) is 60.5 Å². The molecule has 0 aliphatic carbocycles. The van der Waals surface area contributed by atoms with Crippen LogP contribution in [0.25, 0.3) is 0 Å². The fourth-order valence-corrected chi connectivity index (χ4v) is 4.34.